The number of fused-ring (bicyclic) bond motifs is 1. The van der Waals surface area contributed by atoms with Gasteiger partial charge in [0.05, 0.1) is 9.64 Å². The van der Waals surface area contributed by atoms with Gasteiger partial charge in [-0.15, -0.1) is 0 Å². The van der Waals surface area contributed by atoms with Crippen molar-refractivity contribution in [3.05, 3.63) is 65.2 Å². The second-order valence-corrected chi connectivity index (χ2v) is 10.6. The molecule has 27 heavy (non-hydrogen) atoms. The molecule has 0 N–H and O–H groups in total. The highest BCUT2D eigenvalue weighted by Crippen LogP contribution is 2.46. The quantitative estimate of drug-likeness (QED) is 0.735. The molecule has 3 nitrogen and oxygen atoms in total. The maximum absolute atomic E-state index is 13.3. The molecule has 1 fully saturated rings. The Balaban J connectivity index is 1.41. The SMILES string of the molecule is Cc1cccc(S(=O)(=O)C2(CCCN3CCc4ccccc4C3)CCC2)c1. The highest BCUT2D eigenvalue weighted by atomic mass is 32.2. The molecule has 0 radical (unpaired) electrons. The van der Waals surface area contributed by atoms with Gasteiger partial charge in [-0.3, -0.25) is 4.90 Å². The normalized spacial score (nSPS) is 19.3. The molecule has 144 valence electrons. The predicted molar refractivity (Wildman–Crippen MR) is 110 cm³/mol. The van der Waals surface area contributed by atoms with Gasteiger partial charge in [0.15, 0.2) is 9.84 Å². The van der Waals surface area contributed by atoms with E-state index in [1.165, 1.54) is 11.1 Å². The van der Waals surface area contributed by atoms with Crippen LogP contribution in [0.15, 0.2) is 53.4 Å². The molecule has 0 aromatic heterocycles. The highest BCUT2D eigenvalue weighted by molar-refractivity contribution is 7.93. The fourth-order valence-electron chi connectivity index (χ4n) is 4.63. The third kappa shape index (κ3) is 3.57. The monoisotopic (exact) mass is 383 g/mol. The summed E-state index contributed by atoms with van der Waals surface area (Å²) in [5.41, 5.74) is 3.90. The number of nitrogens with zero attached hydrogens (tertiary/aromatic N) is 1. The molecule has 1 heterocycles. The second kappa shape index (κ2) is 7.40. The fourth-order valence-corrected chi connectivity index (χ4v) is 6.96. The van der Waals surface area contributed by atoms with Crippen molar-refractivity contribution in [2.45, 2.75) is 61.6 Å². The van der Waals surface area contributed by atoms with Crippen LogP contribution in [-0.4, -0.2) is 31.2 Å². The molecule has 1 saturated carbocycles. The van der Waals surface area contributed by atoms with E-state index in [0.29, 0.717) is 4.90 Å². The molecule has 0 atom stereocenters. The van der Waals surface area contributed by atoms with Gasteiger partial charge in [-0.25, -0.2) is 8.42 Å². The number of hydrogen-bond acceptors (Lipinski definition) is 3. The molecule has 1 aliphatic carbocycles. The molecule has 1 aliphatic heterocycles. The summed E-state index contributed by atoms with van der Waals surface area (Å²) in [5, 5.41) is 0. The van der Waals surface area contributed by atoms with Crippen molar-refractivity contribution in [2.24, 2.45) is 0 Å². The van der Waals surface area contributed by atoms with Crippen LogP contribution < -0.4 is 0 Å². The van der Waals surface area contributed by atoms with Crippen molar-refractivity contribution in [2.75, 3.05) is 13.1 Å². The van der Waals surface area contributed by atoms with Crippen LogP contribution in [0.5, 0.6) is 0 Å². The van der Waals surface area contributed by atoms with Crippen LogP contribution in [-0.2, 0) is 22.8 Å². The zero-order chi connectivity index (χ0) is 18.9. The Kier molecular flexibility index (Phi) is 5.13. The van der Waals surface area contributed by atoms with E-state index in [2.05, 4.69) is 29.2 Å². The van der Waals surface area contributed by atoms with Gasteiger partial charge in [0, 0.05) is 13.1 Å². The zero-order valence-corrected chi connectivity index (χ0v) is 17.0. The lowest BCUT2D eigenvalue weighted by Crippen LogP contribution is -2.45. The highest BCUT2D eigenvalue weighted by Gasteiger charge is 2.48. The fraction of sp³-hybridized carbons (Fsp3) is 0.478. The van der Waals surface area contributed by atoms with E-state index in [-0.39, 0.29) is 0 Å². The molecule has 0 spiro atoms. The van der Waals surface area contributed by atoms with Crippen molar-refractivity contribution in [3.63, 3.8) is 0 Å². The molecular formula is C23H29NO2S. The maximum Gasteiger partial charge on any atom is 0.184 e. The van der Waals surface area contributed by atoms with Crippen LogP contribution in [0.4, 0.5) is 0 Å². The summed E-state index contributed by atoms with van der Waals surface area (Å²) in [5.74, 6) is 0. The van der Waals surface area contributed by atoms with Crippen LogP contribution >= 0.6 is 0 Å². The number of aryl methyl sites for hydroxylation is 1. The van der Waals surface area contributed by atoms with E-state index in [4.69, 9.17) is 0 Å². The van der Waals surface area contributed by atoms with Crippen molar-refractivity contribution in [1.29, 1.82) is 0 Å². The number of hydrogen-bond donors (Lipinski definition) is 0. The summed E-state index contributed by atoms with van der Waals surface area (Å²) < 4.78 is 26.1. The van der Waals surface area contributed by atoms with Crippen molar-refractivity contribution in [1.82, 2.24) is 4.90 Å². The molecular weight excluding hydrogens is 354 g/mol. The van der Waals surface area contributed by atoms with Gasteiger partial charge in [-0.1, -0.05) is 42.8 Å². The minimum atomic E-state index is -3.26. The summed E-state index contributed by atoms with van der Waals surface area (Å²) in [6.45, 7) is 5.02. The largest absolute Gasteiger partial charge is 0.299 e. The van der Waals surface area contributed by atoms with Crippen LogP contribution in [0, 0.1) is 6.92 Å². The number of sulfone groups is 1. The lowest BCUT2D eigenvalue weighted by atomic mass is 9.81. The summed E-state index contributed by atoms with van der Waals surface area (Å²) in [4.78, 5) is 2.99. The molecule has 4 heteroatoms. The molecule has 2 aromatic rings. The van der Waals surface area contributed by atoms with Gasteiger partial charge in [-0.05, 0) is 74.4 Å². The molecule has 4 rings (SSSR count). The minimum absolute atomic E-state index is 0.508. The molecule has 2 aliphatic rings. The first-order chi connectivity index (χ1) is 13.0. The standard InChI is InChI=1S/C23H29NO2S/c1-19-7-4-10-22(17-19)27(25,26)23(12-5-13-23)14-6-15-24-16-11-20-8-2-3-9-21(20)18-24/h2-4,7-10,17H,5-6,11-16,18H2,1H3. The lowest BCUT2D eigenvalue weighted by Gasteiger charge is -2.41. The van der Waals surface area contributed by atoms with Gasteiger partial charge in [0.2, 0.25) is 0 Å². The van der Waals surface area contributed by atoms with Gasteiger partial charge in [0.25, 0.3) is 0 Å². The Morgan fingerprint density at radius 2 is 1.81 bits per heavy atom. The number of benzene rings is 2. The topological polar surface area (TPSA) is 37.4 Å². The van der Waals surface area contributed by atoms with E-state index >= 15 is 0 Å². The van der Waals surface area contributed by atoms with Crippen LogP contribution in [0.1, 0.15) is 48.8 Å². The Morgan fingerprint density at radius 3 is 2.52 bits per heavy atom. The van der Waals surface area contributed by atoms with Crippen LogP contribution in [0.25, 0.3) is 0 Å². The van der Waals surface area contributed by atoms with Gasteiger partial charge < -0.3 is 0 Å². The second-order valence-electron chi connectivity index (χ2n) is 8.25. The summed E-state index contributed by atoms with van der Waals surface area (Å²) in [6.07, 6.45) is 5.48. The van der Waals surface area contributed by atoms with Crippen LogP contribution in [0.3, 0.4) is 0 Å². The van der Waals surface area contributed by atoms with E-state index in [1.54, 1.807) is 6.07 Å². The summed E-state index contributed by atoms with van der Waals surface area (Å²) >= 11 is 0. The smallest absolute Gasteiger partial charge is 0.184 e. The molecule has 2 aromatic carbocycles. The van der Waals surface area contributed by atoms with E-state index in [1.807, 2.05) is 25.1 Å². The van der Waals surface area contributed by atoms with Crippen LogP contribution in [0.2, 0.25) is 0 Å². The molecule has 0 amide bonds. The summed E-state index contributed by atoms with van der Waals surface area (Å²) in [6, 6.07) is 16.1. The first-order valence-corrected chi connectivity index (χ1v) is 11.6. The molecule has 0 unspecified atom stereocenters. The third-order valence-corrected chi connectivity index (χ3v) is 9.08. The minimum Gasteiger partial charge on any atom is -0.299 e. The molecule has 0 bridgehead atoms. The van der Waals surface area contributed by atoms with Gasteiger partial charge in [0.1, 0.15) is 0 Å². The van der Waals surface area contributed by atoms with E-state index in [9.17, 15) is 8.42 Å². The van der Waals surface area contributed by atoms with E-state index in [0.717, 1.165) is 63.7 Å². The number of rotatable bonds is 6. The summed E-state index contributed by atoms with van der Waals surface area (Å²) in [7, 11) is -3.26. The van der Waals surface area contributed by atoms with E-state index < -0.39 is 14.6 Å². The first-order valence-electron chi connectivity index (χ1n) is 10.1. The Hall–Kier alpha value is -1.65. The Morgan fingerprint density at radius 1 is 1.04 bits per heavy atom. The van der Waals surface area contributed by atoms with Crippen molar-refractivity contribution >= 4 is 9.84 Å². The zero-order valence-electron chi connectivity index (χ0n) is 16.2. The Labute approximate surface area is 163 Å². The lowest BCUT2D eigenvalue weighted by molar-refractivity contribution is 0.230. The third-order valence-electron chi connectivity index (χ3n) is 6.45. The molecule has 0 saturated heterocycles. The van der Waals surface area contributed by atoms with Gasteiger partial charge in [-0.2, -0.15) is 0 Å². The van der Waals surface area contributed by atoms with Crippen molar-refractivity contribution < 1.29 is 8.42 Å². The maximum atomic E-state index is 13.3. The van der Waals surface area contributed by atoms with Gasteiger partial charge >= 0.3 is 0 Å². The average Bonchev–Trinajstić information content (AvgIpc) is 2.63. The van der Waals surface area contributed by atoms with Crippen molar-refractivity contribution in [3.8, 4) is 0 Å². The Bertz CT molecular complexity index is 915. The first kappa shape index (κ1) is 18.7. The average molecular weight is 384 g/mol. The predicted octanol–water partition coefficient (Wildman–Crippen LogP) is 4.53.